The number of nitrogens with one attached hydrogen (secondary N) is 2. The van der Waals surface area contributed by atoms with Crippen molar-refractivity contribution >= 4 is 15.8 Å². The Hall–Kier alpha value is -1.86. The first-order valence-electron chi connectivity index (χ1n) is 6.71. The van der Waals surface area contributed by atoms with E-state index in [0.717, 1.165) is 5.56 Å². The lowest BCUT2D eigenvalue weighted by atomic mass is 10.2. The number of rotatable bonds is 6. The van der Waals surface area contributed by atoms with Gasteiger partial charge in [0.25, 0.3) is 10.0 Å². The number of anilines is 1. The Kier molecular flexibility index (Phi) is 4.64. The molecule has 0 aliphatic rings. The van der Waals surface area contributed by atoms with Gasteiger partial charge in [0.05, 0.1) is 11.1 Å². The van der Waals surface area contributed by atoms with Crippen molar-refractivity contribution in [3.8, 4) is 0 Å². The van der Waals surface area contributed by atoms with Crippen LogP contribution in [0.15, 0.2) is 41.4 Å². The zero-order chi connectivity index (χ0) is 15.5. The van der Waals surface area contributed by atoms with Gasteiger partial charge < -0.3 is 5.32 Å². The maximum absolute atomic E-state index is 12.3. The summed E-state index contributed by atoms with van der Waals surface area (Å²) in [5.41, 5.74) is 1.04. The summed E-state index contributed by atoms with van der Waals surface area (Å²) >= 11 is 0. The topological polar surface area (TPSA) is 76.0 Å². The molecule has 2 rings (SSSR count). The normalized spacial score (nSPS) is 11.8. The number of benzene rings is 1. The molecule has 1 heterocycles. The van der Waals surface area contributed by atoms with Gasteiger partial charge in [-0.15, -0.1) is 0 Å². The monoisotopic (exact) mass is 308 g/mol. The first-order valence-corrected chi connectivity index (χ1v) is 8.20. The highest BCUT2D eigenvalue weighted by Gasteiger charge is 2.15. The van der Waals surface area contributed by atoms with E-state index in [4.69, 9.17) is 0 Å². The van der Waals surface area contributed by atoms with Crippen LogP contribution >= 0.6 is 0 Å². The minimum atomic E-state index is -3.59. The molecular formula is C14H20N4O2S. The van der Waals surface area contributed by atoms with Gasteiger partial charge in [0.15, 0.2) is 0 Å². The number of nitrogens with zero attached hydrogens (tertiary/aromatic N) is 2. The van der Waals surface area contributed by atoms with Crippen molar-refractivity contribution in [1.29, 1.82) is 0 Å². The molecule has 21 heavy (non-hydrogen) atoms. The molecule has 0 amide bonds. The zero-order valence-electron chi connectivity index (χ0n) is 12.4. The van der Waals surface area contributed by atoms with E-state index in [1.807, 2.05) is 12.1 Å². The number of aromatic nitrogens is 2. The SMILES string of the molecule is CC(C)NCc1ccc(S(=O)(=O)Nc2ccnn2C)cc1. The molecule has 1 aromatic carbocycles. The molecule has 2 aromatic rings. The van der Waals surface area contributed by atoms with Crippen LogP contribution in [0.3, 0.4) is 0 Å². The Morgan fingerprint density at radius 2 is 1.86 bits per heavy atom. The van der Waals surface area contributed by atoms with Crippen LogP contribution < -0.4 is 10.0 Å². The van der Waals surface area contributed by atoms with Crippen molar-refractivity contribution in [2.45, 2.75) is 31.3 Å². The van der Waals surface area contributed by atoms with Gasteiger partial charge in [0.2, 0.25) is 0 Å². The molecule has 0 fully saturated rings. The summed E-state index contributed by atoms with van der Waals surface area (Å²) in [5.74, 6) is 0.431. The van der Waals surface area contributed by atoms with Crippen molar-refractivity contribution in [2.24, 2.45) is 7.05 Å². The molecule has 0 atom stereocenters. The van der Waals surface area contributed by atoms with Crippen LogP contribution in [0.25, 0.3) is 0 Å². The minimum Gasteiger partial charge on any atom is -0.310 e. The third-order valence-electron chi connectivity index (χ3n) is 3.01. The largest absolute Gasteiger partial charge is 0.310 e. The number of sulfonamides is 1. The Morgan fingerprint density at radius 1 is 1.19 bits per heavy atom. The molecule has 0 unspecified atom stereocenters. The Balaban J connectivity index is 2.12. The fraction of sp³-hybridized carbons (Fsp3) is 0.357. The molecule has 0 bridgehead atoms. The second kappa shape index (κ2) is 6.28. The molecule has 0 radical (unpaired) electrons. The summed E-state index contributed by atoms with van der Waals surface area (Å²) in [4.78, 5) is 0.233. The van der Waals surface area contributed by atoms with E-state index in [-0.39, 0.29) is 4.90 Å². The molecule has 0 aliphatic heterocycles. The molecule has 0 aliphatic carbocycles. The molecule has 2 N–H and O–H groups in total. The lowest BCUT2D eigenvalue weighted by molar-refractivity contribution is 0.588. The van der Waals surface area contributed by atoms with Crippen molar-refractivity contribution in [3.63, 3.8) is 0 Å². The Labute approximate surface area is 125 Å². The molecule has 6 nitrogen and oxygen atoms in total. The van der Waals surface area contributed by atoms with Crippen LogP contribution in [-0.4, -0.2) is 24.2 Å². The predicted octanol–water partition coefficient (Wildman–Crippen LogP) is 1.72. The summed E-state index contributed by atoms with van der Waals surface area (Å²) in [6.07, 6.45) is 1.54. The van der Waals surface area contributed by atoms with Crippen LogP contribution in [0.5, 0.6) is 0 Å². The van der Waals surface area contributed by atoms with Crippen molar-refractivity contribution in [1.82, 2.24) is 15.1 Å². The van der Waals surface area contributed by atoms with Crippen LogP contribution in [0.4, 0.5) is 5.82 Å². The summed E-state index contributed by atoms with van der Waals surface area (Å²) in [7, 11) is -1.91. The first-order chi connectivity index (χ1) is 9.88. The average molecular weight is 308 g/mol. The molecule has 1 aromatic heterocycles. The van der Waals surface area contributed by atoms with E-state index in [9.17, 15) is 8.42 Å². The second-order valence-electron chi connectivity index (χ2n) is 5.13. The third kappa shape index (κ3) is 4.05. The van der Waals surface area contributed by atoms with Gasteiger partial charge in [-0.05, 0) is 17.7 Å². The molecule has 0 saturated carbocycles. The highest BCUT2D eigenvalue weighted by Crippen LogP contribution is 2.15. The fourth-order valence-corrected chi connectivity index (χ4v) is 2.87. The standard InChI is InChI=1S/C14H20N4O2S/c1-11(2)15-10-12-4-6-13(7-5-12)21(19,20)17-14-8-9-16-18(14)3/h4-9,11,15,17H,10H2,1-3H3. The van der Waals surface area contributed by atoms with E-state index in [1.165, 1.54) is 4.68 Å². The first kappa shape index (κ1) is 15.5. The summed E-state index contributed by atoms with van der Waals surface area (Å²) in [6.45, 7) is 4.85. The van der Waals surface area contributed by atoms with Gasteiger partial charge in [-0.2, -0.15) is 5.10 Å². The number of hydrogen-bond acceptors (Lipinski definition) is 4. The quantitative estimate of drug-likeness (QED) is 0.852. The van der Waals surface area contributed by atoms with E-state index in [0.29, 0.717) is 18.4 Å². The van der Waals surface area contributed by atoms with E-state index < -0.39 is 10.0 Å². The van der Waals surface area contributed by atoms with E-state index >= 15 is 0 Å². The highest BCUT2D eigenvalue weighted by molar-refractivity contribution is 7.92. The van der Waals surface area contributed by atoms with Crippen LogP contribution in [0, 0.1) is 0 Å². The molecule has 114 valence electrons. The second-order valence-corrected chi connectivity index (χ2v) is 6.81. The molecular weight excluding hydrogens is 288 g/mol. The van der Waals surface area contributed by atoms with Gasteiger partial charge >= 0.3 is 0 Å². The predicted molar refractivity (Wildman–Crippen MR) is 82.4 cm³/mol. The molecule has 0 spiro atoms. The zero-order valence-corrected chi connectivity index (χ0v) is 13.2. The van der Waals surface area contributed by atoms with Crippen molar-refractivity contribution < 1.29 is 8.42 Å². The van der Waals surface area contributed by atoms with Crippen molar-refractivity contribution in [2.75, 3.05) is 4.72 Å². The van der Waals surface area contributed by atoms with E-state index in [2.05, 4.69) is 29.0 Å². The van der Waals surface area contributed by atoms with Crippen LogP contribution in [-0.2, 0) is 23.6 Å². The van der Waals surface area contributed by atoms with Gasteiger partial charge in [-0.25, -0.2) is 8.42 Å². The Morgan fingerprint density at radius 3 is 2.38 bits per heavy atom. The van der Waals surface area contributed by atoms with Crippen molar-refractivity contribution in [3.05, 3.63) is 42.1 Å². The molecule has 0 saturated heterocycles. The minimum absolute atomic E-state index is 0.233. The lowest BCUT2D eigenvalue weighted by Gasteiger charge is -2.10. The third-order valence-corrected chi connectivity index (χ3v) is 4.38. The number of aryl methyl sites for hydroxylation is 1. The van der Waals surface area contributed by atoms with Crippen LogP contribution in [0.1, 0.15) is 19.4 Å². The lowest BCUT2D eigenvalue weighted by Crippen LogP contribution is -2.21. The van der Waals surface area contributed by atoms with Gasteiger partial charge in [0.1, 0.15) is 5.82 Å². The fourth-order valence-electron chi connectivity index (χ4n) is 1.78. The summed E-state index contributed by atoms with van der Waals surface area (Å²) < 4.78 is 28.5. The van der Waals surface area contributed by atoms with Gasteiger partial charge in [-0.1, -0.05) is 26.0 Å². The van der Waals surface area contributed by atoms with E-state index in [1.54, 1.807) is 31.4 Å². The average Bonchev–Trinajstić information content (AvgIpc) is 2.82. The number of hydrogen-bond donors (Lipinski definition) is 2. The maximum Gasteiger partial charge on any atom is 0.263 e. The van der Waals surface area contributed by atoms with Crippen LogP contribution in [0.2, 0.25) is 0 Å². The summed E-state index contributed by atoms with van der Waals surface area (Å²) in [5, 5.41) is 7.22. The molecule has 7 heteroatoms. The summed E-state index contributed by atoms with van der Waals surface area (Å²) in [6, 6.07) is 8.84. The highest BCUT2D eigenvalue weighted by atomic mass is 32.2. The van der Waals surface area contributed by atoms with Gasteiger partial charge in [0, 0.05) is 25.7 Å². The smallest absolute Gasteiger partial charge is 0.263 e. The van der Waals surface area contributed by atoms with Gasteiger partial charge in [-0.3, -0.25) is 9.40 Å². The maximum atomic E-state index is 12.3. The Bertz CT molecular complexity index is 690.